The molecule has 1 amide bonds. The molecule has 2 fully saturated rings. The van der Waals surface area contributed by atoms with E-state index in [-0.39, 0.29) is 5.91 Å². The summed E-state index contributed by atoms with van der Waals surface area (Å²) in [5, 5.41) is 9.86. The van der Waals surface area contributed by atoms with Crippen LogP contribution in [0.3, 0.4) is 0 Å². The molecular weight excluding hydrogens is 332 g/mol. The highest BCUT2D eigenvalue weighted by Gasteiger charge is 2.61. The molecule has 2 aliphatic rings. The number of pyridine rings is 1. The Morgan fingerprint density at radius 3 is 2.85 bits per heavy atom. The van der Waals surface area contributed by atoms with Gasteiger partial charge in [0.15, 0.2) is 0 Å². The second-order valence-corrected chi connectivity index (χ2v) is 7.12. The Balaban J connectivity index is 1.57. The number of fused-ring (bicyclic) bond motifs is 1. The van der Waals surface area contributed by atoms with Crippen LogP contribution >= 0.6 is 0 Å². The van der Waals surface area contributed by atoms with Gasteiger partial charge in [-0.2, -0.15) is 0 Å². The van der Waals surface area contributed by atoms with Crippen molar-refractivity contribution in [2.24, 2.45) is 11.3 Å². The SMILES string of the molecule is CCN1C[C@@]2(C(=O)O)CN(Cc3cccn3-c3cccnc3)C[C@H]2C1=O. The topological polar surface area (TPSA) is 78.7 Å². The van der Waals surface area contributed by atoms with E-state index in [2.05, 4.69) is 14.5 Å². The lowest BCUT2D eigenvalue weighted by atomic mass is 9.81. The number of aliphatic carboxylic acids is 1. The van der Waals surface area contributed by atoms with E-state index >= 15 is 0 Å². The van der Waals surface area contributed by atoms with E-state index in [4.69, 9.17) is 0 Å². The minimum Gasteiger partial charge on any atom is -0.481 e. The smallest absolute Gasteiger partial charge is 0.313 e. The van der Waals surface area contributed by atoms with Gasteiger partial charge in [-0.1, -0.05) is 0 Å². The number of carbonyl (C=O) groups is 2. The molecule has 0 bridgehead atoms. The van der Waals surface area contributed by atoms with Crippen LogP contribution in [0.4, 0.5) is 0 Å². The summed E-state index contributed by atoms with van der Waals surface area (Å²) < 4.78 is 2.05. The summed E-state index contributed by atoms with van der Waals surface area (Å²) in [6.45, 7) is 4.25. The molecule has 0 aliphatic carbocycles. The van der Waals surface area contributed by atoms with Crippen LogP contribution in [0.15, 0.2) is 42.9 Å². The molecule has 0 aromatic carbocycles. The maximum Gasteiger partial charge on any atom is 0.313 e. The minimum atomic E-state index is -0.987. The number of rotatable bonds is 5. The van der Waals surface area contributed by atoms with Crippen LogP contribution in [0.2, 0.25) is 0 Å². The number of carboxylic acid groups (broad SMARTS) is 1. The quantitative estimate of drug-likeness (QED) is 0.874. The van der Waals surface area contributed by atoms with Gasteiger partial charge in [0.05, 0.1) is 17.8 Å². The number of carbonyl (C=O) groups excluding carboxylic acids is 1. The molecule has 7 heteroatoms. The summed E-state index contributed by atoms with van der Waals surface area (Å²) in [6.07, 6.45) is 5.50. The van der Waals surface area contributed by atoms with Gasteiger partial charge in [0.1, 0.15) is 5.41 Å². The molecular formula is C19H22N4O3. The zero-order valence-corrected chi connectivity index (χ0v) is 14.7. The molecule has 2 aromatic heterocycles. The van der Waals surface area contributed by atoms with Crippen LogP contribution in [0.25, 0.3) is 5.69 Å². The van der Waals surface area contributed by atoms with E-state index < -0.39 is 17.3 Å². The van der Waals surface area contributed by atoms with E-state index in [0.29, 0.717) is 32.7 Å². The Morgan fingerprint density at radius 1 is 1.35 bits per heavy atom. The van der Waals surface area contributed by atoms with Crippen molar-refractivity contribution >= 4 is 11.9 Å². The van der Waals surface area contributed by atoms with E-state index in [1.807, 2.05) is 37.4 Å². The summed E-state index contributed by atoms with van der Waals surface area (Å²) in [7, 11) is 0. The van der Waals surface area contributed by atoms with Crippen LogP contribution in [0, 0.1) is 11.3 Å². The maximum atomic E-state index is 12.6. The van der Waals surface area contributed by atoms with E-state index in [0.717, 1.165) is 11.4 Å². The largest absolute Gasteiger partial charge is 0.481 e. The monoisotopic (exact) mass is 354 g/mol. The summed E-state index contributed by atoms with van der Waals surface area (Å²) in [6, 6.07) is 7.86. The molecule has 2 saturated heterocycles. The molecule has 136 valence electrons. The molecule has 0 saturated carbocycles. The number of nitrogens with zero attached hydrogens (tertiary/aromatic N) is 4. The first-order valence-electron chi connectivity index (χ1n) is 8.86. The number of hydrogen-bond acceptors (Lipinski definition) is 4. The Bertz CT molecular complexity index is 834. The van der Waals surface area contributed by atoms with Crippen LogP contribution in [-0.4, -0.2) is 62.5 Å². The Morgan fingerprint density at radius 2 is 2.19 bits per heavy atom. The van der Waals surface area contributed by atoms with Crippen molar-refractivity contribution in [3.05, 3.63) is 48.5 Å². The van der Waals surface area contributed by atoms with Gasteiger partial charge < -0.3 is 14.6 Å². The second kappa shape index (κ2) is 6.25. The van der Waals surface area contributed by atoms with Crippen molar-refractivity contribution in [2.45, 2.75) is 13.5 Å². The predicted molar refractivity (Wildman–Crippen MR) is 94.7 cm³/mol. The lowest BCUT2D eigenvalue weighted by Gasteiger charge is -2.25. The Kier molecular flexibility index (Phi) is 4.03. The first kappa shape index (κ1) is 16.8. The van der Waals surface area contributed by atoms with Crippen molar-refractivity contribution in [3.63, 3.8) is 0 Å². The number of amides is 1. The van der Waals surface area contributed by atoms with Gasteiger partial charge in [0, 0.05) is 50.8 Å². The molecule has 0 radical (unpaired) electrons. The molecule has 1 N–H and O–H groups in total. The van der Waals surface area contributed by atoms with Gasteiger partial charge in [0.2, 0.25) is 5.91 Å². The maximum absolute atomic E-state index is 12.6. The standard InChI is InChI=1S/C19H22N4O3/c1-2-22-13-19(18(25)26)12-21(11-16(19)17(22)24)10-15-6-4-8-23(15)14-5-3-7-20-9-14/h3-9,16H,2,10-13H2,1H3,(H,25,26)/t16-,19-/m0/s1. The van der Waals surface area contributed by atoms with Crippen molar-refractivity contribution in [1.82, 2.24) is 19.4 Å². The van der Waals surface area contributed by atoms with Crippen LogP contribution in [0.1, 0.15) is 12.6 Å². The fourth-order valence-electron chi connectivity index (χ4n) is 4.31. The van der Waals surface area contributed by atoms with Crippen molar-refractivity contribution < 1.29 is 14.7 Å². The van der Waals surface area contributed by atoms with Gasteiger partial charge in [0.25, 0.3) is 0 Å². The predicted octanol–water partition coefficient (Wildman–Crippen LogP) is 1.24. The normalized spacial score (nSPS) is 25.7. The number of likely N-dealkylation sites (tertiary alicyclic amines) is 2. The Labute approximate surface area is 151 Å². The Hall–Kier alpha value is -2.67. The van der Waals surface area contributed by atoms with E-state index in [9.17, 15) is 14.7 Å². The third-order valence-corrected chi connectivity index (χ3v) is 5.65. The molecule has 2 aliphatic heterocycles. The summed E-state index contributed by atoms with van der Waals surface area (Å²) >= 11 is 0. The fraction of sp³-hybridized carbons (Fsp3) is 0.421. The van der Waals surface area contributed by atoms with E-state index in [1.54, 1.807) is 17.3 Å². The zero-order chi connectivity index (χ0) is 18.3. The van der Waals surface area contributed by atoms with Gasteiger partial charge in [-0.15, -0.1) is 0 Å². The molecule has 0 spiro atoms. The summed E-state index contributed by atoms with van der Waals surface area (Å²) in [4.78, 5) is 32.5. The van der Waals surface area contributed by atoms with E-state index in [1.165, 1.54) is 0 Å². The molecule has 4 heterocycles. The molecule has 2 aromatic rings. The third-order valence-electron chi connectivity index (χ3n) is 5.65. The van der Waals surface area contributed by atoms with Gasteiger partial charge >= 0.3 is 5.97 Å². The second-order valence-electron chi connectivity index (χ2n) is 7.12. The molecule has 4 rings (SSSR count). The first-order chi connectivity index (χ1) is 12.5. The third kappa shape index (κ3) is 2.50. The highest BCUT2D eigenvalue weighted by Crippen LogP contribution is 2.44. The summed E-state index contributed by atoms with van der Waals surface area (Å²) in [5.41, 5.74) is 1.03. The summed E-state index contributed by atoms with van der Waals surface area (Å²) in [5.74, 6) is -1.35. The number of hydrogen-bond donors (Lipinski definition) is 1. The van der Waals surface area contributed by atoms with Gasteiger partial charge in [-0.05, 0) is 31.2 Å². The first-order valence-corrected chi connectivity index (χ1v) is 8.86. The molecule has 0 unspecified atom stereocenters. The minimum absolute atomic E-state index is 0.0277. The van der Waals surface area contributed by atoms with Crippen LogP contribution in [-0.2, 0) is 16.1 Å². The lowest BCUT2D eigenvalue weighted by Crippen LogP contribution is -2.40. The van der Waals surface area contributed by atoms with Crippen molar-refractivity contribution in [3.8, 4) is 5.69 Å². The lowest BCUT2D eigenvalue weighted by molar-refractivity contribution is -0.149. The highest BCUT2D eigenvalue weighted by molar-refractivity contribution is 5.92. The van der Waals surface area contributed by atoms with Crippen molar-refractivity contribution in [1.29, 1.82) is 0 Å². The zero-order valence-electron chi connectivity index (χ0n) is 14.7. The van der Waals surface area contributed by atoms with Crippen LogP contribution < -0.4 is 0 Å². The number of carboxylic acids is 1. The van der Waals surface area contributed by atoms with Gasteiger partial charge in [-0.3, -0.25) is 19.5 Å². The average molecular weight is 354 g/mol. The molecule has 2 atom stereocenters. The fourth-order valence-corrected chi connectivity index (χ4v) is 4.31. The highest BCUT2D eigenvalue weighted by atomic mass is 16.4. The number of aromatic nitrogens is 2. The molecule has 7 nitrogen and oxygen atoms in total. The van der Waals surface area contributed by atoms with Crippen molar-refractivity contribution in [2.75, 3.05) is 26.2 Å². The van der Waals surface area contributed by atoms with Gasteiger partial charge in [-0.25, -0.2) is 0 Å². The average Bonchev–Trinajstić information content (AvgIpc) is 3.31. The molecule has 26 heavy (non-hydrogen) atoms. The van der Waals surface area contributed by atoms with Crippen LogP contribution in [0.5, 0.6) is 0 Å².